The van der Waals surface area contributed by atoms with Gasteiger partial charge in [-0.05, 0) is 42.5 Å². The molecule has 2 aromatic rings. The van der Waals surface area contributed by atoms with Crippen LogP contribution in [0, 0.1) is 0 Å². The van der Waals surface area contributed by atoms with Gasteiger partial charge < -0.3 is 20.1 Å². The van der Waals surface area contributed by atoms with E-state index in [1.807, 2.05) is 24.3 Å². The molecular formula is C21H21N3O4S. The fourth-order valence-corrected chi connectivity index (χ4v) is 3.33. The van der Waals surface area contributed by atoms with Gasteiger partial charge in [0.25, 0.3) is 0 Å². The first kappa shape index (κ1) is 20.5. The number of benzene rings is 2. The van der Waals surface area contributed by atoms with E-state index < -0.39 is 0 Å². The molecule has 0 aliphatic carbocycles. The number of nitrogens with zero attached hydrogens (tertiary/aromatic N) is 1. The second kappa shape index (κ2) is 9.79. The third kappa shape index (κ3) is 5.86. The zero-order valence-electron chi connectivity index (χ0n) is 16.1. The molecule has 8 heteroatoms. The van der Waals surface area contributed by atoms with Crippen LogP contribution in [0.15, 0.2) is 65.3 Å². The molecule has 0 fully saturated rings. The quantitative estimate of drug-likeness (QED) is 0.699. The number of carbonyl (C=O) groups is 2. The average molecular weight is 411 g/mol. The number of anilines is 2. The topological polar surface area (TPSA) is 89.0 Å². The van der Waals surface area contributed by atoms with Crippen LogP contribution in [0.5, 0.6) is 5.75 Å². The molecular weight excluding hydrogens is 390 g/mol. The van der Waals surface area contributed by atoms with Crippen molar-refractivity contribution in [2.45, 2.75) is 6.42 Å². The normalized spacial score (nSPS) is 12.5. The minimum absolute atomic E-state index is 0.0858. The molecule has 0 unspecified atom stereocenters. The fourth-order valence-electron chi connectivity index (χ4n) is 2.59. The summed E-state index contributed by atoms with van der Waals surface area (Å²) in [5.74, 6) is 0.385. The van der Waals surface area contributed by atoms with Gasteiger partial charge in [-0.2, -0.15) is 0 Å². The van der Waals surface area contributed by atoms with Crippen LogP contribution in [0.3, 0.4) is 0 Å². The Hall–Kier alpha value is -3.26. The molecule has 0 radical (unpaired) electrons. The Morgan fingerprint density at radius 3 is 2.59 bits per heavy atom. The number of amides is 1. The summed E-state index contributed by atoms with van der Waals surface area (Å²) in [6, 6.07) is 14.6. The van der Waals surface area contributed by atoms with Gasteiger partial charge in [0.2, 0.25) is 5.91 Å². The summed E-state index contributed by atoms with van der Waals surface area (Å²) < 4.78 is 9.87. The van der Waals surface area contributed by atoms with Crippen LogP contribution in [0.2, 0.25) is 0 Å². The van der Waals surface area contributed by atoms with Crippen molar-refractivity contribution < 1.29 is 19.1 Å². The van der Waals surface area contributed by atoms with E-state index in [9.17, 15) is 9.59 Å². The molecule has 29 heavy (non-hydrogen) atoms. The lowest BCUT2D eigenvalue weighted by molar-refractivity contribution is -0.139. The highest BCUT2D eigenvalue weighted by Gasteiger charge is 2.15. The summed E-state index contributed by atoms with van der Waals surface area (Å²) in [5.41, 5.74) is 2.87. The SMILES string of the molecule is COC(=O)CC1=CC(SCC(=O)Nc2ccc(OC)cc2)=Nc2ccccc2N1. The van der Waals surface area contributed by atoms with Crippen molar-refractivity contribution in [1.29, 1.82) is 0 Å². The summed E-state index contributed by atoms with van der Waals surface area (Å²) in [5, 5.41) is 6.68. The molecule has 0 bridgehead atoms. The van der Waals surface area contributed by atoms with Crippen LogP contribution >= 0.6 is 11.8 Å². The fraction of sp³-hybridized carbons (Fsp3) is 0.190. The highest BCUT2D eigenvalue weighted by atomic mass is 32.2. The Morgan fingerprint density at radius 1 is 1.10 bits per heavy atom. The summed E-state index contributed by atoms with van der Waals surface area (Å²) >= 11 is 1.29. The Kier molecular flexibility index (Phi) is 6.91. The lowest BCUT2D eigenvalue weighted by Gasteiger charge is -2.09. The summed E-state index contributed by atoms with van der Waals surface area (Å²) in [4.78, 5) is 28.6. The van der Waals surface area contributed by atoms with Gasteiger partial charge in [-0.1, -0.05) is 23.9 Å². The first-order valence-corrected chi connectivity index (χ1v) is 9.85. The number of ether oxygens (including phenoxy) is 2. The maximum Gasteiger partial charge on any atom is 0.311 e. The predicted molar refractivity (Wildman–Crippen MR) is 116 cm³/mol. The molecule has 3 rings (SSSR count). The van der Waals surface area contributed by atoms with Crippen molar-refractivity contribution in [2.75, 3.05) is 30.6 Å². The smallest absolute Gasteiger partial charge is 0.311 e. The van der Waals surface area contributed by atoms with Crippen LogP contribution in [0.1, 0.15) is 6.42 Å². The highest BCUT2D eigenvalue weighted by Crippen LogP contribution is 2.31. The molecule has 0 saturated carbocycles. The molecule has 0 saturated heterocycles. The molecule has 150 valence electrons. The molecule has 1 aliphatic heterocycles. The largest absolute Gasteiger partial charge is 0.497 e. The molecule has 1 heterocycles. The number of esters is 1. The summed E-state index contributed by atoms with van der Waals surface area (Å²) in [6.07, 6.45) is 1.85. The van der Waals surface area contributed by atoms with E-state index in [0.29, 0.717) is 16.4 Å². The predicted octanol–water partition coefficient (Wildman–Crippen LogP) is 3.97. The number of methoxy groups -OCH3 is 2. The van der Waals surface area contributed by atoms with E-state index in [4.69, 9.17) is 9.47 Å². The van der Waals surface area contributed by atoms with E-state index in [-0.39, 0.29) is 24.1 Å². The van der Waals surface area contributed by atoms with Crippen molar-refractivity contribution in [1.82, 2.24) is 0 Å². The average Bonchev–Trinajstić information content (AvgIpc) is 2.91. The molecule has 1 aliphatic rings. The van der Waals surface area contributed by atoms with Crippen LogP contribution < -0.4 is 15.4 Å². The second-order valence-electron chi connectivity index (χ2n) is 6.08. The number of nitrogens with one attached hydrogen (secondary N) is 2. The van der Waals surface area contributed by atoms with Crippen LogP contribution in [-0.2, 0) is 14.3 Å². The van der Waals surface area contributed by atoms with Gasteiger partial charge in [0.1, 0.15) is 5.75 Å². The Balaban J connectivity index is 1.69. The van der Waals surface area contributed by atoms with Gasteiger partial charge in [-0.25, -0.2) is 4.99 Å². The minimum atomic E-state index is -0.357. The standard InChI is InChI=1S/C21H21N3O4S/c1-27-16-9-7-14(8-10-16)23-19(25)13-29-20-11-15(12-21(26)28-2)22-17-5-3-4-6-18(17)24-20/h3-11,22H,12-13H2,1-2H3,(H,23,25). The molecule has 0 aromatic heterocycles. The van der Waals surface area contributed by atoms with Gasteiger partial charge in [0.15, 0.2) is 0 Å². The molecule has 0 atom stereocenters. The number of rotatable bonds is 6. The molecule has 0 spiro atoms. The number of hydrogen-bond donors (Lipinski definition) is 2. The number of carbonyl (C=O) groups excluding carboxylic acids is 2. The lowest BCUT2D eigenvalue weighted by Crippen LogP contribution is -2.15. The zero-order valence-corrected chi connectivity index (χ0v) is 16.9. The number of para-hydroxylation sites is 2. The van der Waals surface area contributed by atoms with Crippen molar-refractivity contribution in [3.8, 4) is 5.75 Å². The van der Waals surface area contributed by atoms with Crippen molar-refractivity contribution in [3.63, 3.8) is 0 Å². The van der Waals surface area contributed by atoms with Crippen LogP contribution in [0.4, 0.5) is 17.1 Å². The Bertz CT molecular complexity index is 955. The molecule has 1 amide bonds. The van der Waals surface area contributed by atoms with Crippen LogP contribution in [-0.4, -0.2) is 36.9 Å². The Morgan fingerprint density at radius 2 is 1.86 bits per heavy atom. The van der Waals surface area contributed by atoms with Gasteiger partial charge in [-0.15, -0.1) is 0 Å². The summed E-state index contributed by atoms with van der Waals surface area (Å²) in [7, 11) is 2.94. The highest BCUT2D eigenvalue weighted by molar-refractivity contribution is 8.14. The van der Waals surface area contributed by atoms with Crippen molar-refractivity contribution >= 4 is 45.7 Å². The molecule has 2 N–H and O–H groups in total. The zero-order chi connectivity index (χ0) is 20.6. The number of aliphatic imine (C=N–C) groups is 1. The maximum atomic E-state index is 12.3. The maximum absolute atomic E-state index is 12.3. The number of thioether (sulfide) groups is 1. The van der Waals surface area contributed by atoms with E-state index in [2.05, 4.69) is 15.6 Å². The first-order chi connectivity index (χ1) is 14.1. The lowest BCUT2D eigenvalue weighted by atomic mass is 10.2. The third-order valence-electron chi connectivity index (χ3n) is 4.02. The second-order valence-corrected chi connectivity index (χ2v) is 7.08. The first-order valence-electron chi connectivity index (χ1n) is 8.86. The number of fused-ring (bicyclic) bond motifs is 1. The van der Waals surface area contributed by atoms with E-state index in [1.165, 1.54) is 18.9 Å². The van der Waals surface area contributed by atoms with Crippen molar-refractivity contribution in [3.05, 3.63) is 60.3 Å². The van der Waals surface area contributed by atoms with Gasteiger partial charge >= 0.3 is 5.97 Å². The van der Waals surface area contributed by atoms with Crippen molar-refractivity contribution in [2.24, 2.45) is 4.99 Å². The van der Waals surface area contributed by atoms with Gasteiger partial charge in [0, 0.05) is 11.4 Å². The van der Waals surface area contributed by atoms with Crippen LogP contribution in [0.25, 0.3) is 0 Å². The summed E-state index contributed by atoms with van der Waals surface area (Å²) in [6.45, 7) is 0. The third-order valence-corrected chi connectivity index (χ3v) is 4.93. The minimum Gasteiger partial charge on any atom is -0.497 e. The van der Waals surface area contributed by atoms with E-state index in [1.54, 1.807) is 37.5 Å². The van der Waals surface area contributed by atoms with E-state index in [0.717, 1.165) is 17.1 Å². The Labute approximate surface area is 173 Å². The monoisotopic (exact) mass is 411 g/mol. The molecule has 2 aromatic carbocycles. The molecule has 7 nitrogen and oxygen atoms in total. The van der Waals surface area contributed by atoms with Gasteiger partial charge in [-0.3, -0.25) is 9.59 Å². The number of hydrogen-bond acceptors (Lipinski definition) is 7. The van der Waals surface area contributed by atoms with E-state index >= 15 is 0 Å². The van der Waals surface area contributed by atoms with Gasteiger partial charge in [0.05, 0.1) is 42.8 Å².